The van der Waals surface area contributed by atoms with E-state index in [1.54, 1.807) is 0 Å². The molecule has 3 nitrogen and oxygen atoms in total. The second-order valence-corrected chi connectivity index (χ2v) is 6.37. The van der Waals surface area contributed by atoms with Crippen molar-refractivity contribution in [1.82, 2.24) is 9.80 Å². The number of nitrogens with zero attached hydrogens (tertiary/aromatic N) is 2. The summed E-state index contributed by atoms with van der Waals surface area (Å²) in [5.41, 5.74) is 5.95. The molecule has 2 saturated heterocycles. The second kappa shape index (κ2) is 6.24. The van der Waals surface area contributed by atoms with E-state index >= 15 is 0 Å². The summed E-state index contributed by atoms with van der Waals surface area (Å²) in [5.74, 6) is 4.31. The van der Waals surface area contributed by atoms with E-state index in [1.165, 1.54) is 50.7 Å². The maximum absolute atomic E-state index is 5.95. The van der Waals surface area contributed by atoms with Crippen molar-refractivity contribution in [1.29, 1.82) is 0 Å². The van der Waals surface area contributed by atoms with Gasteiger partial charge in [-0.05, 0) is 43.4 Å². The zero-order chi connectivity index (χ0) is 11.4. The molecule has 0 amide bonds. The third-order valence-electron chi connectivity index (χ3n) is 4.02. The minimum atomic E-state index is 0.735. The molecule has 0 radical (unpaired) electrons. The first kappa shape index (κ1) is 12.7. The number of thioether (sulfide) groups is 1. The summed E-state index contributed by atoms with van der Waals surface area (Å²) >= 11 is 2.11. The van der Waals surface area contributed by atoms with Crippen LogP contribution in [0.3, 0.4) is 0 Å². The van der Waals surface area contributed by atoms with Gasteiger partial charge in [-0.1, -0.05) is 0 Å². The van der Waals surface area contributed by atoms with Crippen LogP contribution in [0.15, 0.2) is 0 Å². The Morgan fingerprint density at radius 1 is 1.31 bits per heavy atom. The Hall–Kier alpha value is 0.230. The Bertz CT molecular complexity index is 198. The molecule has 2 aliphatic rings. The van der Waals surface area contributed by atoms with Crippen LogP contribution in [0.1, 0.15) is 6.42 Å². The van der Waals surface area contributed by atoms with Crippen LogP contribution in [-0.2, 0) is 0 Å². The first-order chi connectivity index (χ1) is 7.79. The summed E-state index contributed by atoms with van der Waals surface area (Å²) in [6.45, 7) is 7.00. The molecule has 0 aromatic rings. The number of hydrogen-bond acceptors (Lipinski definition) is 4. The van der Waals surface area contributed by atoms with E-state index in [2.05, 4.69) is 28.6 Å². The zero-order valence-corrected chi connectivity index (χ0v) is 11.2. The van der Waals surface area contributed by atoms with E-state index in [0.717, 1.165) is 18.4 Å². The number of hydrogen-bond donors (Lipinski definition) is 1. The summed E-state index contributed by atoms with van der Waals surface area (Å²) in [5, 5.41) is 0. The van der Waals surface area contributed by atoms with Crippen molar-refractivity contribution in [3.63, 3.8) is 0 Å². The zero-order valence-electron chi connectivity index (χ0n) is 10.4. The fourth-order valence-electron chi connectivity index (χ4n) is 2.70. The molecule has 2 N–H and O–H groups in total. The van der Waals surface area contributed by atoms with Gasteiger partial charge in [0.15, 0.2) is 0 Å². The number of piperazine rings is 1. The topological polar surface area (TPSA) is 32.5 Å². The highest BCUT2D eigenvalue weighted by Gasteiger charge is 2.26. The fraction of sp³-hybridized carbons (Fsp3) is 1.00. The standard InChI is InChI=1S/C12H25N3S/c1-14-3-5-15(6-4-14)9-12(8-13)11-2-7-16-10-11/h11-12H,2-10,13H2,1H3. The molecule has 2 atom stereocenters. The van der Waals surface area contributed by atoms with E-state index in [0.29, 0.717) is 0 Å². The van der Waals surface area contributed by atoms with Crippen molar-refractivity contribution in [2.45, 2.75) is 6.42 Å². The van der Waals surface area contributed by atoms with E-state index in [1.807, 2.05) is 0 Å². The average molecular weight is 243 g/mol. The Morgan fingerprint density at radius 3 is 2.62 bits per heavy atom. The minimum absolute atomic E-state index is 0.735. The summed E-state index contributed by atoms with van der Waals surface area (Å²) in [7, 11) is 2.21. The molecular weight excluding hydrogens is 218 g/mol. The van der Waals surface area contributed by atoms with Crippen LogP contribution in [0.25, 0.3) is 0 Å². The number of rotatable bonds is 4. The fourth-order valence-corrected chi connectivity index (χ4v) is 4.08. The summed E-state index contributed by atoms with van der Waals surface area (Å²) in [6.07, 6.45) is 1.39. The highest BCUT2D eigenvalue weighted by molar-refractivity contribution is 7.99. The van der Waals surface area contributed by atoms with Crippen LogP contribution in [-0.4, -0.2) is 67.6 Å². The van der Waals surface area contributed by atoms with Crippen molar-refractivity contribution < 1.29 is 0 Å². The summed E-state index contributed by atoms with van der Waals surface area (Å²) < 4.78 is 0. The van der Waals surface area contributed by atoms with Gasteiger partial charge in [0.2, 0.25) is 0 Å². The first-order valence-electron chi connectivity index (χ1n) is 6.48. The molecule has 2 rings (SSSR count). The first-order valence-corrected chi connectivity index (χ1v) is 7.63. The van der Waals surface area contributed by atoms with Crippen LogP contribution in [0.2, 0.25) is 0 Å². The average Bonchev–Trinajstić information content (AvgIpc) is 2.82. The van der Waals surface area contributed by atoms with Crippen LogP contribution < -0.4 is 5.73 Å². The van der Waals surface area contributed by atoms with Gasteiger partial charge in [-0.25, -0.2) is 0 Å². The van der Waals surface area contributed by atoms with Gasteiger partial charge in [-0.3, -0.25) is 0 Å². The largest absolute Gasteiger partial charge is 0.330 e. The van der Waals surface area contributed by atoms with Gasteiger partial charge in [-0.15, -0.1) is 0 Å². The van der Waals surface area contributed by atoms with Crippen LogP contribution >= 0.6 is 11.8 Å². The van der Waals surface area contributed by atoms with E-state index in [-0.39, 0.29) is 0 Å². The van der Waals surface area contributed by atoms with E-state index < -0.39 is 0 Å². The maximum atomic E-state index is 5.95. The van der Waals surface area contributed by atoms with E-state index in [4.69, 9.17) is 5.73 Å². The van der Waals surface area contributed by atoms with Crippen LogP contribution in [0, 0.1) is 11.8 Å². The smallest absolute Gasteiger partial charge is 0.0110 e. The molecule has 2 aliphatic heterocycles. The lowest BCUT2D eigenvalue weighted by Gasteiger charge is -2.35. The van der Waals surface area contributed by atoms with Gasteiger partial charge < -0.3 is 15.5 Å². The Balaban J connectivity index is 1.77. The van der Waals surface area contributed by atoms with Gasteiger partial charge in [0, 0.05) is 32.7 Å². The van der Waals surface area contributed by atoms with Gasteiger partial charge in [0.05, 0.1) is 0 Å². The van der Waals surface area contributed by atoms with Gasteiger partial charge in [0.25, 0.3) is 0 Å². The third-order valence-corrected chi connectivity index (χ3v) is 5.21. The van der Waals surface area contributed by atoms with Gasteiger partial charge in [0.1, 0.15) is 0 Å². The lowest BCUT2D eigenvalue weighted by Crippen LogP contribution is -2.47. The lowest BCUT2D eigenvalue weighted by atomic mass is 9.91. The van der Waals surface area contributed by atoms with Crippen molar-refractivity contribution in [2.75, 3.05) is 57.8 Å². The van der Waals surface area contributed by atoms with Gasteiger partial charge in [-0.2, -0.15) is 11.8 Å². The Kier molecular flexibility index (Phi) is 4.95. The molecule has 94 valence electrons. The Labute approximate surface area is 104 Å². The molecule has 0 aromatic carbocycles. The maximum Gasteiger partial charge on any atom is 0.0110 e. The van der Waals surface area contributed by atoms with Crippen molar-refractivity contribution in [2.24, 2.45) is 17.6 Å². The van der Waals surface area contributed by atoms with Crippen molar-refractivity contribution in [3.8, 4) is 0 Å². The third kappa shape index (κ3) is 3.36. The molecule has 2 unspecified atom stereocenters. The minimum Gasteiger partial charge on any atom is -0.330 e. The number of likely N-dealkylation sites (N-methyl/N-ethyl adjacent to an activating group) is 1. The summed E-state index contributed by atoms with van der Waals surface area (Å²) in [6, 6.07) is 0. The highest BCUT2D eigenvalue weighted by Crippen LogP contribution is 2.29. The second-order valence-electron chi connectivity index (χ2n) is 5.22. The molecular formula is C12H25N3S. The molecule has 2 fully saturated rings. The SMILES string of the molecule is CN1CCN(CC(CN)C2CCSC2)CC1. The molecule has 16 heavy (non-hydrogen) atoms. The lowest BCUT2D eigenvalue weighted by molar-refractivity contribution is 0.125. The monoisotopic (exact) mass is 243 g/mol. The molecule has 0 bridgehead atoms. The molecule has 2 heterocycles. The van der Waals surface area contributed by atoms with Crippen molar-refractivity contribution in [3.05, 3.63) is 0 Å². The van der Waals surface area contributed by atoms with E-state index in [9.17, 15) is 0 Å². The Morgan fingerprint density at radius 2 is 2.06 bits per heavy atom. The summed E-state index contributed by atoms with van der Waals surface area (Å²) in [4.78, 5) is 5.03. The van der Waals surface area contributed by atoms with Crippen LogP contribution in [0.4, 0.5) is 0 Å². The normalized spacial score (nSPS) is 30.8. The molecule has 0 aromatic heterocycles. The molecule has 4 heteroatoms. The molecule has 0 spiro atoms. The highest BCUT2D eigenvalue weighted by atomic mass is 32.2. The van der Waals surface area contributed by atoms with Crippen molar-refractivity contribution >= 4 is 11.8 Å². The predicted octanol–water partition coefficient (Wildman–Crippen LogP) is 0.562. The quantitative estimate of drug-likeness (QED) is 0.782. The van der Waals surface area contributed by atoms with Crippen LogP contribution in [0.5, 0.6) is 0 Å². The number of nitrogens with two attached hydrogens (primary N) is 1. The molecule has 0 saturated carbocycles. The predicted molar refractivity (Wildman–Crippen MR) is 71.9 cm³/mol. The molecule has 0 aliphatic carbocycles. The van der Waals surface area contributed by atoms with Gasteiger partial charge >= 0.3 is 0 Å².